The zero-order chi connectivity index (χ0) is 19.9. The summed E-state index contributed by atoms with van der Waals surface area (Å²) in [5, 5.41) is 10.1. The van der Waals surface area contributed by atoms with Gasteiger partial charge in [-0.2, -0.15) is 13.5 Å². The SMILES string of the molecule is COc1ccc(NCc2cc(F)c(N3CC(=O)NS3(=O)=O)c3[nH]ncc23)nc1. The van der Waals surface area contributed by atoms with Crippen LogP contribution in [0, 0.1) is 5.82 Å². The molecule has 2 aromatic heterocycles. The molecule has 0 unspecified atom stereocenters. The molecule has 4 rings (SSSR count). The first-order valence-electron chi connectivity index (χ1n) is 8.11. The fourth-order valence-electron chi connectivity index (χ4n) is 2.96. The molecule has 146 valence electrons. The zero-order valence-corrected chi connectivity index (χ0v) is 15.4. The third kappa shape index (κ3) is 3.07. The van der Waals surface area contributed by atoms with Crippen LogP contribution in [-0.2, 0) is 21.5 Å². The van der Waals surface area contributed by atoms with Crippen molar-refractivity contribution in [1.29, 1.82) is 0 Å². The molecule has 10 nitrogen and oxygen atoms in total. The highest BCUT2D eigenvalue weighted by molar-refractivity contribution is 7.92. The van der Waals surface area contributed by atoms with Crippen molar-refractivity contribution < 1.29 is 22.3 Å². The number of benzene rings is 1. The van der Waals surface area contributed by atoms with Crippen molar-refractivity contribution in [2.75, 3.05) is 23.3 Å². The van der Waals surface area contributed by atoms with E-state index >= 15 is 0 Å². The molecule has 12 heteroatoms. The minimum Gasteiger partial charge on any atom is -0.495 e. The molecule has 0 aliphatic carbocycles. The fourth-order valence-corrected chi connectivity index (χ4v) is 4.12. The second kappa shape index (κ2) is 6.64. The number of H-pyrrole nitrogens is 1. The minimum absolute atomic E-state index is 0.180. The van der Waals surface area contributed by atoms with E-state index < -0.39 is 28.5 Å². The summed E-state index contributed by atoms with van der Waals surface area (Å²) >= 11 is 0. The van der Waals surface area contributed by atoms with Gasteiger partial charge >= 0.3 is 10.2 Å². The Morgan fingerprint density at radius 3 is 2.82 bits per heavy atom. The van der Waals surface area contributed by atoms with Crippen LogP contribution in [0.4, 0.5) is 15.9 Å². The minimum atomic E-state index is -4.15. The molecule has 3 heterocycles. The highest BCUT2D eigenvalue weighted by Gasteiger charge is 2.37. The second-order valence-corrected chi connectivity index (χ2v) is 7.59. The molecule has 1 saturated heterocycles. The first-order chi connectivity index (χ1) is 13.4. The molecule has 28 heavy (non-hydrogen) atoms. The van der Waals surface area contributed by atoms with Crippen LogP contribution in [0.5, 0.6) is 5.75 Å². The number of hydrogen-bond acceptors (Lipinski definition) is 7. The average Bonchev–Trinajstić information content (AvgIpc) is 3.24. The Morgan fingerprint density at radius 2 is 2.18 bits per heavy atom. The monoisotopic (exact) mass is 406 g/mol. The predicted octanol–water partition coefficient (Wildman–Crippen LogP) is 0.899. The molecule has 1 aromatic carbocycles. The molecule has 0 bridgehead atoms. The van der Waals surface area contributed by atoms with Crippen molar-refractivity contribution in [1.82, 2.24) is 19.9 Å². The van der Waals surface area contributed by atoms with Crippen molar-refractivity contribution >= 4 is 38.5 Å². The number of carbonyl (C=O) groups excluding carboxylic acids is 1. The van der Waals surface area contributed by atoms with Crippen molar-refractivity contribution in [2.24, 2.45) is 0 Å². The summed E-state index contributed by atoms with van der Waals surface area (Å²) in [4.78, 5) is 15.7. The molecule has 0 radical (unpaired) electrons. The lowest BCUT2D eigenvalue weighted by atomic mass is 10.1. The van der Waals surface area contributed by atoms with Gasteiger partial charge in [-0.25, -0.2) is 18.4 Å². The van der Waals surface area contributed by atoms with Crippen LogP contribution in [-0.4, -0.2) is 43.2 Å². The Kier molecular flexibility index (Phi) is 4.26. The van der Waals surface area contributed by atoms with Gasteiger partial charge in [0.1, 0.15) is 29.6 Å². The number of pyridine rings is 1. The molecular weight excluding hydrogens is 391 g/mol. The van der Waals surface area contributed by atoms with Crippen LogP contribution in [0.15, 0.2) is 30.6 Å². The Balaban J connectivity index is 1.68. The number of halogens is 1. The van der Waals surface area contributed by atoms with Gasteiger partial charge in [0.25, 0.3) is 5.91 Å². The summed E-state index contributed by atoms with van der Waals surface area (Å²) in [6, 6.07) is 4.65. The maximum atomic E-state index is 14.9. The van der Waals surface area contributed by atoms with E-state index in [4.69, 9.17) is 4.74 Å². The lowest BCUT2D eigenvalue weighted by molar-refractivity contribution is -0.117. The summed E-state index contributed by atoms with van der Waals surface area (Å²) in [7, 11) is -2.61. The van der Waals surface area contributed by atoms with Gasteiger partial charge in [-0.3, -0.25) is 9.89 Å². The van der Waals surface area contributed by atoms with Crippen molar-refractivity contribution in [3.05, 3.63) is 42.0 Å². The molecule has 0 saturated carbocycles. The number of anilines is 2. The number of methoxy groups -OCH3 is 1. The van der Waals surface area contributed by atoms with E-state index in [0.717, 1.165) is 0 Å². The number of rotatable bonds is 5. The largest absolute Gasteiger partial charge is 0.495 e. The number of amides is 1. The molecule has 0 spiro atoms. The second-order valence-electron chi connectivity index (χ2n) is 6.00. The number of fused-ring (bicyclic) bond motifs is 1. The Morgan fingerprint density at radius 1 is 1.36 bits per heavy atom. The van der Waals surface area contributed by atoms with E-state index in [-0.39, 0.29) is 17.7 Å². The number of nitrogens with one attached hydrogen (secondary N) is 3. The van der Waals surface area contributed by atoms with Crippen molar-refractivity contribution in [3.63, 3.8) is 0 Å². The van der Waals surface area contributed by atoms with E-state index in [0.29, 0.717) is 26.8 Å². The third-order valence-corrected chi connectivity index (χ3v) is 5.63. The number of aromatic amines is 1. The number of ether oxygens (including phenoxy) is 1. The number of carbonyl (C=O) groups is 1. The van der Waals surface area contributed by atoms with E-state index in [1.165, 1.54) is 19.4 Å². The maximum Gasteiger partial charge on any atom is 0.326 e. The summed E-state index contributed by atoms with van der Waals surface area (Å²) in [6.45, 7) is -0.281. The molecular formula is C16H15FN6O4S. The lowest BCUT2D eigenvalue weighted by Gasteiger charge is -2.17. The van der Waals surface area contributed by atoms with E-state index in [9.17, 15) is 17.6 Å². The molecule has 3 N–H and O–H groups in total. The van der Waals surface area contributed by atoms with Gasteiger partial charge in [0.15, 0.2) is 0 Å². The van der Waals surface area contributed by atoms with Gasteiger partial charge in [0, 0.05) is 11.9 Å². The highest BCUT2D eigenvalue weighted by Crippen LogP contribution is 2.33. The Labute approximate surface area is 158 Å². The summed E-state index contributed by atoms with van der Waals surface area (Å²) < 4.78 is 46.6. The van der Waals surface area contributed by atoms with Crippen LogP contribution < -0.4 is 19.1 Å². The van der Waals surface area contributed by atoms with Gasteiger partial charge in [-0.05, 0) is 23.8 Å². The van der Waals surface area contributed by atoms with E-state index in [1.807, 2.05) is 4.72 Å². The van der Waals surface area contributed by atoms with Crippen LogP contribution in [0.2, 0.25) is 0 Å². The van der Waals surface area contributed by atoms with E-state index in [2.05, 4.69) is 20.5 Å². The van der Waals surface area contributed by atoms with E-state index in [1.54, 1.807) is 18.3 Å². The van der Waals surface area contributed by atoms with Crippen LogP contribution in [0.1, 0.15) is 5.56 Å². The molecule has 1 aliphatic heterocycles. The van der Waals surface area contributed by atoms with Gasteiger partial charge < -0.3 is 10.1 Å². The van der Waals surface area contributed by atoms with Gasteiger partial charge in [-0.15, -0.1) is 0 Å². The maximum absolute atomic E-state index is 14.9. The quantitative estimate of drug-likeness (QED) is 0.574. The molecule has 3 aromatic rings. The third-order valence-electron chi connectivity index (χ3n) is 4.25. The molecule has 1 amide bonds. The summed E-state index contributed by atoms with van der Waals surface area (Å²) in [5.41, 5.74) is 0.468. The highest BCUT2D eigenvalue weighted by atomic mass is 32.2. The van der Waals surface area contributed by atoms with Crippen LogP contribution in [0.3, 0.4) is 0 Å². The number of hydrogen-bond donors (Lipinski definition) is 3. The van der Waals surface area contributed by atoms with Crippen molar-refractivity contribution in [3.8, 4) is 5.75 Å². The van der Waals surface area contributed by atoms with Crippen LogP contribution >= 0.6 is 0 Å². The Bertz CT molecular complexity index is 1160. The molecule has 1 aliphatic rings. The van der Waals surface area contributed by atoms with Gasteiger partial charge in [-0.1, -0.05) is 0 Å². The topological polar surface area (TPSA) is 129 Å². The van der Waals surface area contributed by atoms with Crippen molar-refractivity contribution in [2.45, 2.75) is 6.54 Å². The van der Waals surface area contributed by atoms with Gasteiger partial charge in [0.05, 0.1) is 25.0 Å². The molecule has 0 atom stereocenters. The summed E-state index contributed by atoms with van der Waals surface area (Å²) in [5.74, 6) is -0.369. The van der Waals surface area contributed by atoms with Gasteiger partial charge in [0.2, 0.25) is 0 Å². The zero-order valence-electron chi connectivity index (χ0n) is 14.6. The smallest absolute Gasteiger partial charge is 0.326 e. The Hall–Kier alpha value is -3.41. The first kappa shape index (κ1) is 18.0. The standard InChI is InChI=1S/C16H15FN6O4S/c1-27-10-2-3-13(19-6-10)18-5-9-4-12(17)16(15-11(9)7-20-21-15)23-8-14(24)22-28(23,25)26/h2-4,6-7H,5,8H2,1H3,(H,18,19)(H,20,21)(H,22,24). The first-order valence-corrected chi connectivity index (χ1v) is 9.55. The number of aromatic nitrogens is 3. The number of nitrogens with zero attached hydrogens (tertiary/aromatic N) is 3. The summed E-state index contributed by atoms with van der Waals surface area (Å²) in [6.07, 6.45) is 3.01. The molecule has 1 fully saturated rings. The average molecular weight is 406 g/mol. The fraction of sp³-hybridized carbons (Fsp3) is 0.188. The predicted molar refractivity (Wildman–Crippen MR) is 98.6 cm³/mol. The van der Waals surface area contributed by atoms with Crippen LogP contribution in [0.25, 0.3) is 10.9 Å². The normalized spacial score (nSPS) is 15.6. The lowest BCUT2D eigenvalue weighted by Crippen LogP contribution is -2.30.